The van der Waals surface area contributed by atoms with Gasteiger partial charge in [0.1, 0.15) is 37.0 Å². The second kappa shape index (κ2) is 11.1. The molecule has 0 amide bonds. The fraction of sp³-hybridized carbons (Fsp3) is 0.360. The summed E-state index contributed by atoms with van der Waals surface area (Å²) < 4.78 is 24.1. The van der Waals surface area contributed by atoms with Gasteiger partial charge >= 0.3 is 5.69 Å². The van der Waals surface area contributed by atoms with Gasteiger partial charge in [-0.1, -0.05) is 30.3 Å². The van der Waals surface area contributed by atoms with Gasteiger partial charge < -0.3 is 24.1 Å². The number of aromatic amines is 1. The maximum atomic E-state index is 12.0. The number of ether oxygens (including phenoxy) is 4. The van der Waals surface area contributed by atoms with E-state index in [1.54, 1.807) is 6.92 Å². The van der Waals surface area contributed by atoms with E-state index in [4.69, 9.17) is 18.9 Å². The van der Waals surface area contributed by atoms with E-state index < -0.39 is 29.7 Å². The molecule has 2 aromatic carbocycles. The first kappa shape index (κ1) is 23.7. The molecule has 0 aliphatic carbocycles. The fourth-order valence-electron chi connectivity index (χ4n) is 3.63. The molecule has 0 saturated carbocycles. The predicted molar refractivity (Wildman–Crippen MR) is 124 cm³/mol. The Bertz CT molecular complexity index is 1170. The molecular formula is C25H28N2O7. The first-order chi connectivity index (χ1) is 16.5. The first-order valence-electron chi connectivity index (χ1n) is 11.1. The molecule has 0 unspecified atom stereocenters. The summed E-state index contributed by atoms with van der Waals surface area (Å²) in [6.07, 6.45) is -0.355. The van der Waals surface area contributed by atoms with Gasteiger partial charge in [-0.3, -0.25) is 14.3 Å². The molecule has 9 nitrogen and oxygen atoms in total. The second-order valence-electron chi connectivity index (χ2n) is 8.08. The Labute approximate surface area is 196 Å². The van der Waals surface area contributed by atoms with Crippen LogP contribution < -0.4 is 20.7 Å². The number of nitrogens with zero attached hydrogens (tertiary/aromatic N) is 1. The van der Waals surface area contributed by atoms with Crippen molar-refractivity contribution in [3.63, 3.8) is 0 Å². The monoisotopic (exact) mass is 468 g/mol. The molecule has 3 aromatic rings. The average Bonchev–Trinajstić information content (AvgIpc) is 3.21. The summed E-state index contributed by atoms with van der Waals surface area (Å²) in [7, 11) is 0. The number of aliphatic hydroxyl groups excluding tert-OH is 1. The third-order valence-corrected chi connectivity index (χ3v) is 5.51. The van der Waals surface area contributed by atoms with Gasteiger partial charge in [-0.05, 0) is 36.8 Å². The van der Waals surface area contributed by atoms with Crippen LogP contribution in [0.3, 0.4) is 0 Å². The van der Waals surface area contributed by atoms with Crippen LogP contribution in [0.25, 0.3) is 0 Å². The summed E-state index contributed by atoms with van der Waals surface area (Å²) in [5.41, 5.74) is 0.488. The normalized spacial score (nSPS) is 19.8. The maximum Gasteiger partial charge on any atom is 0.330 e. The largest absolute Gasteiger partial charge is 0.491 e. The summed E-state index contributed by atoms with van der Waals surface area (Å²) >= 11 is 0. The Hall–Kier alpha value is -3.40. The maximum absolute atomic E-state index is 12.0. The highest BCUT2D eigenvalue weighted by Crippen LogP contribution is 2.27. The average molecular weight is 469 g/mol. The quantitative estimate of drug-likeness (QED) is 0.439. The number of aryl methyl sites for hydroxylation is 1. The second-order valence-corrected chi connectivity index (χ2v) is 8.08. The van der Waals surface area contributed by atoms with E-state index in [-0.39, 0.29) is 13.0 Å². The smallest absolute Gasteiger partial charge is 0.330 e. The van der Waals surface area contributed by atoms with Gasteiger partial charge in [0.2, 0.25) is 0 Å². The number of rotatable bonds is 10. The Morgan fingerprint density at radius 2 is 1.74 bits per heavy atom. The lowest BCUT2D eigenvalue weighted by Gasteiger charge is -2.16. The van der Waals surface area contributed by atoms with Crippen LogP contribution in [0.1, 0.15) is 23.8 Å². The van der Waals surface area contributed by atoms with Crippen molar-refractivity contribution in [1.29, 1.82) is 0 Å². The molecule has 1 fully saturated rings. The Morgan fingerprint density at radius 1 is 1.03 bits per heavy atom. The first-order valence-corrected chi connectivity index (χ1v) is 11.1. The molecule has 0 bridgehead atoms. The highest BCUT2D eigenvalue weighted by Gasteiger charge is 2.35. The van der Waals surface area contributed by atoms with Crippen molar-refractivity contribution in [2.45, 2.75) is 38.4 Å². The Kier molecular flexibility index (Phi) is 7.79. The van der Waals surface area contributed by atoms with Gasteiger partial charge in [-0.15, -0.1) is 0 Å². The Balaban J connectivity index is 1.17. The third-order valence-electron chi connectivity index (χ3n) is 5.51. The van der Waals surface area contributed by atoms with Crippen molar-refractivity contribution < 1.29 is 24.1 Å². The molecule has 0 spiro atoms. The summed E-state index contributed by atoms with van der Waals surface area (Å²) in [6.45, 7) is 2.90. The number of aliphatic hydroxyl groups is 1. The molecule has 2 heterocycles. The van der Waals surface area contributed by atoms with Crippen LogP contribution in [0.5, 0.6) is 11.5 Å². The zero-order chi connectivity index (χ0) is 23.9. The van der Waals surface area contributed by atoms with Crippen molar-refractivity contribution in [2.24, 2.45) is 0 Å². The molecule has 1 aliphatic heterocycles. The van der Waals surface area contributed by atoms with E-state index in [0.29, 0.717) is 31.1 Å². The molecule has 9 heteroatoms. The van der Waals surface area contributed by atoms with Gasteiger partial charge in [-0.2, -0.15) is 0 Å². The highest BCUT2D eigenvalue weighted by atomic mass is 16.6. The van der Waals surface area contributed by atoms with Gasteiger partial charge in [0.15, 0.2) is 0 Å². The number of hydrogen-bond acceptors (Lipinski definition) is 7. The van der Waals surface area contributed by atoms with Gasteiger partial charge in [-0.25, -0.2) is 4.79 Å². The van der Waals surface area contributed by atoms with Crippen LogP contribution in [-0.4, -0.2) is 46.7 Å². The van der Waals surface area contributed by atoms with Crippen LogP contribution >= 0.6 is 0 Å². The molecular weight excluding hydrogens is 440 g/mol. The lowest BCUT2D eigenvalue weighted by atomic mass is 10.2. The number of H-pyrrole nitrogens is 1. The molecule has 2 N–H and O–H groups in total. The zero-order valence-electron chi connectivity index (χ0n) is 18.9. The van der Waals surface area contributed by atoms with E-state index in [1.807, 2.05) is 54.6 Å². The van der Waals surface area contributed by atoms with Gasteiger partial charge in [0, 0.05) is 18.2 Å². The standard InChI is InChI=1S/C25H28N2O7/c1-17-14-27(25(30)26-24(17)29)23-13-21(28)22(34-23)16-31-11-12-32-19-7-9-20(10-8-19)33-15-18-5-3-2-4-6-18/h2-10,14,21-23,28H,11-13,15-16H2,1H3,(H,26,29,30)/t21-,22+,23+/m0/s1. The van der Waals surface area contributed by atoms with Gasteiger partial charge in [0.05, 0.1) is 19.3 Å². The van der Waals surface area contributed by atoms with Crippen LogP contribution in [0, 0.1) is 6.92 Å². The summed E-state index contributed by atoms with van der Waals surface area (Å²) in [5, 5.41) is 10.3. The van der Waals surface area contributed by atoms with E-state index in [0.717, 1.165) is 11.3 Å². The van der Waals surface area contributed by atoms with Crippen LogP contribution in [0.15, 0.2) is 70.4 Å². The van der Waals surface area contributed by atoms with Crippen LogP contribution in [0.2, 0.25) is 0 Å². The van der Waals surface area contributed by atoms with E-state index in [1.165, 1.54) is 10.8 Å². The molecule has 180 valence electrons. The lowest BCUT2D eigenvalue weighted by Crippen LogP contribution is -2.33. The summed E-state index contributed by atoms with van der Waals surface area (Å²) in [6, 6.07) is 17.3. The number of hydrogen-bond donors (Lipinski definition) is 2. The van der Waals surface area contributed by atoms with E-state index in [9.17, 15) is 14.7 Å². The minimum atomic E-state index is -0.784. The minimum Gasteiger partial charge on any atom is -0.491 e. The SMILES string of the molecule is Cc1cn([C@H]2C[C@H](O)[C@@H](COCCOc3ccc(OCc4ccccc4)cc3)O2)c(=O)[nH]c1=O. The molecule has 34 heavy (non-hydrogen) atoms. The van der Waals surface area contributed by atoms with Crippen molar-refractivity contribution in [1.82, 2.24) is 9.55 Å². The fourth-order valence-corrected chi connectivity index (χ4v) is 3.63. The third kappa shape index (κ3) is 6.13. The van der Waals surface area contributed by atoms with Crippen molar-refractivity contribution in [3.8, 4) is 11.5 Å². The minimum absolute atomic E-state index is 0.157. The number of benzene rings is 2. The molecule has 1 saturated heterocycles. The molecule has 1 aromatic heterocycles. The zero-order valence-corrected chi connectivity index (χ0v) is 18.9. The highest BCUT2D eigenvalue weighted by molar-refractivity contribution is 5.31. The van der Waals surface area contributed by atoms with Gasteiger partial charge in [0.25, 0.3) is 5.56 Å². The molecule has 4 rings (SSSR count). The topological polar surface area (TPSA) is 112 Å². The molecule has 0 radical (unpaired) electrons. The van der Waals surface area contributed by atoms with Crippen LogP contribution in [-0.2, 0) is 16.1 Å². The van der Waals surface area contributed by atoms with Crippen LogP contribution in [0.4, 0.5) is 0 Å². The number of nitrogens with one attached hydrogen (secondary N) is 1. The Morgan fingerprint density at radius 3 is 2.47 bits per heavy atom. The lowest BCUT2D eigenvalue weighted by molar-refractivity contribution is -0.0661. The summed E-state index contributed by atoms with van der Waals surface area (Å²) in [5.74, 6) is 1.45. The van der Waals surface area contributed by atoms with Crippen molar-refractivity contribution >= 4 is 0 Å². The molecule has 1 aliphatic rings. The van der Waals surface area contributed by atoms with E-state index in [2.05, 4.69) is 4.98 Å². The molecule has 3 atom stereocenters. The van der Waals surface area contributed by atoms with Crippen molar-refractivity contribution in [2.75, 3.05) is 19.8 Å². The predicted octanol–water partition coefficient (Wildman–Crippen LogP) is 2.17. The van der Waals surface area contributed by atoms with E-state index >= 15 is 0 Å². The summed E-state index contributed by atoms with van der Waals surface area (Å²) in [4.78, 5) is 25.8. The number of aromatic nitrogens is 2. The van der Waals surface area contributed by atoms with Crippen molar-refractivity contribution in [3.05, 3.63) is 92.8 Å².